The van der Waals surface area contributed by atoms with Crippen molar-refractivity contribution in [2.45, 2.75) is 39.7 Å². The zero-order valence-corrected chi connectivity index (χ0v) is 12.2. The summed E-state index contributed by atoms with van der Waals surface area (Å²) in [6, 6.07) is 5.11. The summed E-state index contributed by atoms with van der Waals surface area (Å²) < 4.78 is 13.3. The highest BCUT2D eigenvalue weighted by molar-refractivity contribution is 5.75. The van der Waals surface area contributed by atoms with Crippen LogP contribution in [0.1, 0.15) is 37.3 Å². The Balaban J connectivity index is 2.09. The maximum atomic E-state index is 13.3. The van der Waals surface area contributed by atoms with Crippen molar-refractivity contribution in [2.24, 2.45) is 5.41 Å². The molecule has 0 amide bonds. The lowest BCUT2D eigenvalue weighted by Crippen LogP contribution is -2.47. The molecule has 3 nitrogen and oxygen atoms in total. The number of carboxylic acid groups (broad SMARTS) is 1. The van der Waals surface area contributed by atoms with E-state index in [-0.39, 0.29) is 5.82 Å². The van der Waals surface area contributed by atoms with Crippen LogP contribution >= 0.6 is 0 Å². The fraction of sp³-hybridized carbons (Fsp3) is 0.562. The van der Waals surface area contributed by atoms with Gasteiger partial charge in [-0.1, -0.05) is 19.1 Å². The van der Waals surface area contributed by atoms with Gasteiger partial charge in [0.05, 0.1) is 5.41 Å². The summed E-state index contributed by atoms with van der Waals surface area (Å²) in [6.45, 7) is 5.87. The third-order valence-electron chi connectivity index (χ3n) is 4.41. The van der Waals surface area contributed by atoms with E-state index in [1.165, 1.54) is 6.07 Å². The molecule has 1 saturated heterocycles. The molecule has 110 valence electrons. The number of rotatable bonds is 4. The number of aliphatic carboxylic acids is 1. The molecular weight excluding hydrogens is 257 g/mol. The van der Waals surface area contributed by atoms with Crippen molar-refractivity contribution in [3.63, 3.8) is 0 Å². The van der Waals surface area contributed by atoms with Gasteiger partial charge in [-0.3, -0.25) is 9.69 Å². The lowest BCUT2D eigenvalue weighted by molar-refractivity contribution is -0.153. The number of hydrogen-bond donors (Lipinski definition) is 1. The van der Waals surface area contributed by atoms with Crippen LogP contribution in [-0.4, -0.2) is 29.1 Å². The number of aryl methyl sites for hydroxylation is 1. The number of carboxylic acids is 1. The molecule has 1 fully saturated rings. The Morgan fingerprint density at radius 1 is 1.50 bits per heavy atom. The average molecular weight is 279 g/mol. The highest BCUT2D eigenvalue weighted by Crippen LogP contribution is 2.34. The van der Waals surface area contributed by atoms with Crippen LogP contribution in [0.15, 0.2) is 18.2 Å². The van der Waals surface area contributed by atoms with Gasteiger partial charge in [0.15, 0.2) is 0 Å². The summed E-state index contributed by atoms with van der Waals surface area (Å²) in [5.74, 6) is -0.888. The second-order valence-corrected chi connectivity index (χ2v) is 5.84. The molecule has 1 unspecified atom stereocenters. The minimum atomic E-state index is -0.694. The molecule has 1 aliphatic rings. The van der Waals surface area contributed by atoms with Gasteiger partial charge in [-0.25, -0.2) is 4.39 Å². The Labute approximate surface area is 119 Å². The highest BCUT2D eigenvalue weighted by atomic mass is 19.1. The van der Waals surface area contributed by atoms with Gasteiger partial charge in [-0.15, -0.1) is 0 Å². The SMILES string of the molecule is CCC1(C(=O)O)CCCN(Cc2ccc(F)c(C)c2)C1. The zero-order valence-electron chi connectivity index (χ0n) is 12.2. The molecule has 1 N–H and O–H groups in total. The van der Waals surface area contributed by atoms with Crippen molar-refractivity contribution in [1.29, 1.82) is 0 Å². The fourth-order valence-corrected chi connectivity index (χ4v) is 3.04. The summed E-state index contributed by atoms with van der Waals surface area (Å²) >= 11 is 0. The first-order valence-electron chi connectivity index (χ1n) is 7.17. The predicted molar refractivity (Wildman–Crippen MR) is 76.0 cm³/mol. The van der Waals surface area contributed by atoms with Crippen LogP contribution in [-0.2, 0) is 11.3 Å². The smallest absolute Gasteiger partial charge is 0.310 e. The largest absolute Gasteiger partial charge is 0.481 e. The van der Waals surface area contributed by atoms with Gasteiger partial charge in [0.25, 0.3) is 0 Å². The monoisotopic (exact) mass is 279 g/mol. The molecule has 0 aromatic heterocycles. The summed E-state index contributed by atoms with van der Waals surface area (Å²) in [7, 11) is 0. The van der Waals surface area contributed by atoms with Crippen LogP contribution in [0.5, 0.6) is 0 Å². The first kappa shape index (κ1) is 15.0. The molecule has 20 heavy (non-hydrogen) atoms. The van der Waals surface area contributed by atoms with E-state index in [2.05, 4.69) is 4.90 Å². The Morgan fingerprint density at radius 2 is 2.25 bits per heavy atom. The molecule has 0 spiro atoms. The van der Waals surface area contributed by atoms with Gasteiger partial charge < -0.3 is 5.11 Å². The molecule has 0 radical (unpaired) electrons. The predicted octanol–water partition coefficient (Wildman–Crippen LogP) is 3.21. The van der Waals surface area contributed by atoms with Crippen molar-refractivity contribution in [2.75, 3.05) is 13.1 Å². The van der Waals surface area contributed by atoms with E-state index in [0.717, 1.165) is 24.9 Å². The third kappa shape index (κ3) is 3.01. The first-order chi connectivity index (χ1) is 9.47. The Bertz CT molecular complexity index is 503. The topological polar surface area (TPSA) is 40.5 Å². The summed E-state index contributed by atoms with van der Waals surface area (Å²) in [4.78, 5) is 13.7. The van der Waals surface area contributed by atoms with E-state index in [0.29, 0.717) is 25.1 Å². The fourth-order valence-electron chi connectivity index (χ4n) is 3.04. The lowest BCUT2D eigenvalue weighted by Gasteiger charge is -2.39. The van der Waals surface area contributed by atoms with E-state index < -0.39 is 11.4 Å². The maximum absolute atomic E-state index is 13.3. The van der Waals surface area contributed by atoms with E-state index in [4.69, 9.17) is 0 Å². The van der Waals surface area contributed by atoms with Crippen LogP contribution in [0.3, 0.4) is 0 Å². The van der Waals surface area contributed by atoms with Crippen molar-refractivity contribution in [3.8, 4) is 0 Å². The molecule has 1 aromatic carbocycles. The molecule has 0 bridgehead atoms. The Hall–Kier alpha value is -1.42. The molecule has 1 aliphatic heterocycles. The van der Waals surface area contributed by atoms with E-state index >= 15 is 0 Å². The maximum Gasteiger partial charge on any atom is 0.310 e. The molecule has 1 aromatic rings. The second kappa shape index (κ2) is 5.92. The van der Waals surface area contributed by atoms with Crippen LogP contribution in [0.4, 0.5) is 4.39 Å². The molecule has 1 heterocycles. The van der Waals surface area contributed by atoms with Gasteiger partial charge in [-0.05, 0) is 49.9 Å². The van der Waals surface area contributed by atoms with Crippen molar-refractivity contribution >= 4 is 5.97 Å². The molecule has 4 heteroatoms. The van der Waals surface area contributed by atoms with E-state index in [9.17, 15) is 14.3 Å². The molecular formula is C16H22FNO2. The Kier molecular flexibility index (Phi) is 4.43. The van der Waals surface area contributed by atoms with Crippen molar-refractivity contribution in [1.82, 2.24) is 4.90 Å². The van der Waals surface area contributed by atoms with Gasteiger partial charge in [0.1, 0.15) is 5.82 Å². The number of carbonyl (C=O) groups is 1. The number of nitrogens with zero attached hydrogens (tertiary/aromatic N) is 1. The minimum absolute atomic E-state index is 0.194. The molecule has 1 atom stereocenters. The van der Waals surface area contributed by atoms with E-state index in [1.54, 1.807) is 13.0 Å². The van der Waals surface area contributed by atoms with Gasteiger partial charge in [0.2, 0.25) is 0 Å². The van der Waals surface area contributed by atoms with Gasteiger partial charge in [0, 0.05) is 13.1 Å². The number of piperidine rings is 1. The second-order valence-electron chi connectivity index (χ2n) is 5.84. The van der Waals surface area contributed by atoms with Crippen molar-refractivity contribution < 1.29 is 14.3 Å². The lowest BCUT2D eigenvalue weighted by atomic mass is 9.77. The molecule has 2 rings (SSSR count). The summed E-state index contributed by atoms with van der Waals surface area (Å²) in [6.07, 6.45) is 2.30. The standard InChI is InChI=1S/C16H22FNO2/c1-3-16(15(19)20)7-4-8-18(11-16)10-13-5-6-14(17)12(2)9-13/h5-6,9H,3-4,7-8,10-11H2,1-2H3,(H,19,20). The molecule has 0 saturated carbocycles. The summed E-state index contributed by atoms with van der Waals surface area (Å²) in [5, 5.41) is 9.48. The summed E-state index contributed by atoms with van der Waals surface area (Å²) in [5.41, 5.74) is 1.06. The first-order valence-corrected chi connectivity index (χ1v) is 7.17. The number of hydrogen-bond acceptors (Lipinski definition) is 2. The van der Waals surface area contributed by atoms with Crippen LogP contribution < -0.4 is 0 Å². The van der Waals surface area contributed by atoms with Gasteiger partial charge in [-0.2, -0.15) is 0 Å². The molecule has 0 aliphatic carbocycles. The van der Waals surface area contributed by atoms with E-state index in [1.807, 2.05) is 13.0 Å². The Morgan fingerprint density at radius 3 is 2.85 bits per heavy atom. The number of likely N-dealkylation sites (tertiary alicyclic amines) is 1. The van der Waals surface area contributed by atoms with Crippen LogP contribution in [0, 0.1) is 18.2 Å². The van der Waals surface area contributed by atoms with Gasteiger partial charge >= 0.3 is 5.97 Å². The zero-order chi connectivity index (χ0) is 14.8. The normalized spacial score (nSPS) is 23.8. The minimum Gasteiger partial charge on any atom is -0.481 e. The number of benzene rings is 1. The number of halogens is 1. The van der Waals surface area contributed by atoms with Crippen molar-refractivity contribution in [3.05, 3.63) is 35.1 Å². The highest BCUT2D eigenvalue weighted by Gasteiger charge is 2.40. The quantitative estimate of drug-likeness (QED) is 0.920. The van der Waals surface area contributed by atoms with Crippen LogP contribution in [0.2, 0.25) is 0 Å². The van der Waals surface area contributed by atoms with Crippen LogP contribution in [0.25, 0.3) is 0 Å². The average Bonchev–Trinajstić information content (AvgIpc) is 2.43. The third-order valence-corrected chi connectivity index (χ3v) is 4.41.